The maximum atomic E-state index is 10.6. The van der Waals surface area contributed by atoms with Crippen molar-refractivity contribution in [3.05, 3.63) is 28.8 Å². The fraction of sp³-hybridized carbons (Fsp3) is 0.500. The van der Waals surface area contributed by atoms with Crippen molar-refractivity contribution in [2.75, 3.05) is 18.5 Å². The summed E-state index contributed by atoms with van der Waals surface area (Å²) in [6, 6.07) is 3.79. The molecular formula is C14H22N2O2. The number of hydrogen-bond donors (Lipinski definition) is 2. The predicted molar refractivity (Wildman–Crippen MR) is 74.2 cm³/mol. The molecule has 18 heavy (non-hydrogen) atoms. The monoisotopic (exact) mass is 250 g/mol. The van der Waals surface area contributed by atoms with Gasteiger partial charge in [0.2, 0.25) is 0 Å². The quantitative estimate of drug-likeness (QED) is 0.837. The van der Waals surface area contributed by atoms with Crippen LogP contribution in [0.4, 0.5) is 5.69 Å². The van der Waals surface area contributed by atoms with Crippen molar-refractivity contribution in [1.29, 1.82) is 0 Å². The van der Waals surface area contributed by atoms with Gasteiger partial charge in [0.1, 0.15) is 0 Å². The molecule has 0 aliphatic heterocycles. The number of carboxylic acids is 1. The molecule has 0 aliphatic rings. The van der Waals surface area contributed by atoms with Crippen LogP contribution in [0.5, 0.6) is 0 Å². The topological polar surface area (TPSA) is 66.6 Å². The van der Waals surface area contributed by atoms with Crippen molar-refractivity contribution >= 4 is 11.7 Å². The third kappa shape index (κ3) is 3.47. The average molecular weight is 250 g/mol. The first-order valence-electron chi connectivity index (χ1n) is 6.08. The third-order valence-electron chi connectivity index (χ3n) is 3.39. The lowest BCUT2D eigenvalue weighted by Crippen LogP contribution is -2.37. The highest BCUT2D eigenvalue weighted by molar-refractivity contribution is 5.67. The lowest BCUT2D eigenvalue weighted by atomic mass is 10.0. The van der Waals surface area contributed by atoms with Crippen LogP contribution in [0.25, 0.3) is 0 Å². The zero-order valence-corrected chi connectivity index (χ0v) is 11.5. The van der Waals surface area contributed by atoms with Gasteiger partial charge < -0.3 is 15.7 Å². The number of rotatable bonds is 5. The van der Waals surface area contributed by atoms with E-state index in [1.54, 1.807) is 0 Å². The fourth-order valence-electron chi connectivity index (χ4n) is 2.09. The van der Waals surface area contributed by atoms with Crippen LogP contribution in [-0.4, -0.2) is 30.7 Å². The van der Waals surface area contributed by atoms with Gasteiger partial charge in [-0.1, -0.05) is 6.07 Å². The van der Waals surface area contributed by atoms with E-state index in [1.807, 2.05) is 11.9 Å². The van der Waals surface area contributed by atoms with Gasteiger partial charge in [0.25, 0.3) is 0 Å². The average Bonchev–Trinajstić information content (AvgIpc) is 2.24. The largest absolute Gasteiger partial charge is 0.481 e. The Morgan fingerprint density at radius 1 is 1.33 bits per heavy atom. The third-order valence-corrected chi connectivity index (χ3v) is 3.39. The minimum absolute atomic E-state index is 0.00572. The van der Waals surface area contributed by atoms with E-state index >= 15 is 0 Å². The van der Waals surface area contributed by atoms with Crippen LogP contribution >= 0.6 is 0 Å². The molecule has 0 spiro atoms. The molecule has 1 aromatic rings. The zero-order chi connectivity index (χ0) is 13.9. The summed E-state index contributed by atoms with van der Waals surface area (Å²) in [6.45, 7) is 6.80. The van der Waals surface area contributed by atoms with Gasteiger partial charge in [0, 0.05) is 25.3 Å². The van der Waals surface area contributed by atoms with Crippen molar-refractivity contribution in [2.24, 2.45) is 5.73 Å². The van der Waals surface area contributed by atoms with E-state index in [0.29, 0.717) is 6.54 Å². The summed E-state index contributed by atoms with van der Waals surface area (Å²) in [6.07, 6.45) is -0.00572. The molecule has 1 atom stereocenters. The molecule has 1 unspecified atom stereocenters. The van der Waals surface area contributed by atoms with Gasteiger partial charge in [0.05, 0.1) is 6.42 Å². The van der Waals surface area contributed by atoms with Gasteiger partial charge in [-0.25, -0.2) is 0 Å². The van der Waals surface area contributed by atoms with Crippen molar-refractivity contribution in [1.82, 2.24) is 0 Å². The van der Waals surface area contributed by atoms with Gasteiger partial charge in [0.15, 0.2) is 0 Å². The number of nitrogens with two attached hydrogens (primary N) is 1. The SMILES string of the molecule is Cc1ccc(N(C)CC(N)CC(=O)O)c(C)c1C. The highest BCUT2D eigenvalue weighted by Gasteiger charge is 2.13. The normalized spacial score (nSPS) is 12.3. The Kier molecular flexibility index (Phi) is 4.73. The summed E-state index contributed by atoms with van der Waals surface area (Å²) in [5.41, 5.74) is 10.7. The zero-order valence-electron chi connectivity index (χ0n) is 11.5. The number of aryl methyl sites for hydroxylation is 1. The van der Waals surface area contributed by atoms with E-state index in [2.05, 4.69) is 32.9 Å². The maximum absolute atomic E-state index is 10.6. The summed E-state index contributed by atoms with van der Waals surface area (Å²) in [5, 5.41) is 8.70. The molecule has 0 aliphatic carbocycles. The molecule has 0 saturated heterocycles. The molecule has 0 bridgehead atoms. The van der Waals surface area contributed by atoms with Gasteiger partial charge in [-0.05, 0) is 43.5 Å². The molecule has 0 amide bonds. The molecular weight excluding hydrogens is 228 g/mol. The minimum atomic E-state index is -0.854. The lowest BCUT2D eigenvalue weighted by Gasteiger charge is -2.25. The number of benzene rings is 1. The Morgan fingerprint density at radius 3 is 2.50 bits per heavy atom. The van der Waals surface area contributed by atoms with Crippen LogP contribution in [0.2, 0.25) is 0 Å². The minimum Gasteiger partial charge on any atom is -0.481 e. The number of hydrogen-bond acceptors (Lipinski definition) is 3. The van der Waals surface area contributed by atoms with E-state index < -0.39 is 5.97 Å². The molecule has 3 N–H and O–H groups in total. The summed E-state index contributed by atoms with van der Waals surface area (Å²) >= 11 is 0. The van der Waals surface area contributed by atoms with E-state index in [0.717, 1.165) is 5.69 Å². The van der Waals surface area contributed by atoms with Crippen LogP contribution in [0.15, 0.2) is 12.1 Å². The second-order valence-electron chi connectivity index (χ2n) is 4.89. The van der Waals surface area contributed by atoms with Crippen molar-refractivity contribution < 1.29 is 9.90 Å². The molecule has 0 heterocycles. The number of carbonyl (C=O) groups is 1. The van der Waals surface area contributed by atoms with Crippen LogP contribution in [0.3, 0.4) is 0 Å². The Bertz CT molecular complexity index is 444. The van der Waals surface area contributed by atoms with E-state index in [1.165, 1.54) is 16.7 Å². The first-order chi connectivity index (χ1) is 8.32. The smallest absolute Gasteiger partial charge is 0.304 e. The van der Waals surface area contributed by atoms with Crippen LogP contribution < -0.4 is 10.6 Å². The maximum Gasteiger partial charge on any atom is 0.304 e. The van der Waals surface area contributed by atoms with Gasteiger partial charge in [-0.15, -0.1) is 0 Å². The molecule has 4 heteroatoms. The van der Waals surface area contributed by atoms with E-state index in [4.69, 9.17) is 10.8 Å². The summed E-state index contributed by atoms with van der Waals surface area (Å²) in [7, 11) is 1.94. The predicted octanol–water partition coefficient (Wildman–Crippen LogP) is 1.85. The van der Waals surface area contributed by atoms with Gasteiger partial charge in [-0.3, -0.25) is 4.79 Å². The van der Waals surface area contributed by atoms with Crippen LogP contribution in [-0.2, 0) is 4.79 Å². The molecule has 0 aromatic heterocycles. The van der Waals surface area contributed by atoms with E-state index in [9.17, 15) is 4.79 Å². The second-order valence-corrected chi connectivity index (χ2v) is 4.89. The van der Waals surface area contributed by atoms with Gasteiger partial charge >= 0.3 is 5.97 Å². The van der Waals surface area contributed by atoms with E-state index in [-0.39, 0.29) is 12.5 Å². The molecule has 0 fully saturated rings. The number of likely N-dealkylation sites (N-methyl/N-ethyl adjacent to an activating group) is 1. The fourth-order valence-corrected chi connectivity index (χ4v) is 2.09. The Labute approximate surface area is 108 Å². The number of aliphatic carboxylic acids is 1. The summed E-state index contributed by atoms with van der Waals surface area (Å²) in [4.78, 5) is 12.6. The molecule has 0 saturated carbocycles. The van der Waals surface area contributed by atoms with Gasteiger partial charge in [-0.2, -0.15) is 0 Å². The Morgan fingerprint density at radius 2 is 1.94 bits per heavy atom. The van der Waals surface area contributed by atoms with Crippen molar-refractivity contribution in [3.63, 3.8) is 0 Å². The molecule has 1 aromatic carbocycles. The van der Waals surface area contributed by atoms with Crippen LogP contribution in [0.1, 0.15) is 23.1 Å². The molecule has 0 radical (unpaired) electrons. The highest BCUT2D eigenvalue weighted by atomic mass is 16.4. The Balaban J connectivity index is 2.81. The standard InChI is InChI=1S/C14H22N2O2/c1-9-5-6-13(11(3)10(9)2)16(4)8-12(15)7-14(17)18/h5-6,12H,7-8,15H2,1-4H3,(H,17,18). The summed E-state index contributed by atoms with van der Waals surface area (Å²) in [5.74, 6) is -0.854. The number of nitrogens with zero attached hydrogens (tertiary/aromatic N) is 1. The highest BCUT2D eigenvalue weighted by Crippen LogP contribution is 2.24. The Hall–Kier alpha value is -1.55. The first kappa shape index (κ1) is 14.5. The lowest BCUT2D eigenvalue weighted by molar-refractivity contribution is -0.137. The number of anilines is 1. The van der Waals surface area contributed by atoms with Crippen LogP contribution in [0, 0.1) is 20.8 Å². The molecule has 4 nitrogen and oxygen atoms in total. The molecule has 1 rings (SSSR count). The van der Waals surface area contributed by atoms with Crippen molar-refractivity contribution in [3.8, 4) is 0 Å². The summed E-state index contributed by atoms with van der Waals surface area (Å²) < 4.78 is 0. The van der Waals surface area contributed by atoms with Crippen molar-refractivity contribution in [2.45, 2.75) is 33.2 Å². The number of carboxylic acid groups (broad SMARTS) is 1. The molecule has 100 valence electrons. The first-order valence-corrected chi connectivity index (χ1v) is 6.08. The second kappa shape index (κ2) is 5.87.